The predicted molar refractivity (Wildman–Crippen MR) is 83.9 cm³/mol. The molecule has 19 heavy (non-hydrogen) atoms. The van der Waals surface area contributed by atoms with Crippen molar-refractivity contribution in [2.45, 2.75) is 13.8 Å². The number of phenolic OH excluding ortho intramolecular Hbond substituents is 1. The average Bonchev–Trinajstić information content (AvgIpc) is 2.36. The van der Waals surface area contributed by atoms with Crippen molar-refractivity contribution in [1.82, 2.24) is 0 Å². The van der Waals surface area contributed by atoms with Gasteiger partial charge in [-0.2, -0.15) is 0 Å². The fraction of sp³-hybridized carbons (Fsp3) is 0.133. The maximum atomic E-state index is 9.79. The van der Waals surface area contributed by atoms with Crippen LogP contribution in [0.2, 0.25) is 0 Å². The summed E-state index contributed by atoms with van der Waals surface area (Å²) in [6.45, 7) is 3.96. The van der Waals surface area contributed by atoms with E-state index in [-0.39, 0.29) is 5.75 Å². The lowest BCUT2D eigenvalue weighted by atomic mass is 10.2. The largest absolute Gasteiger partial charge is 0.506 e. The van der Waals surface area contributed by atoms with E-state index >= 15 is 0 Å². The summed E-state index contributed by atoms with van der Waals surface area (Å²) in [6.07, 6.45) is 0. The Balaban J connectivity index is 2.03. The zero-order valence-corrected chi connectivity index (χ0v) is 11.7. The van der Waals surface area contributed by atoms with Crippen molar-refractivity contribution in [3.8, 4) is 5.75 Å². The van der Waals surface area contributed by atoms with E-state index in [1.807, 2.05) is 44.2 Å². The van der Waals surface area contributed by atoms with Gasteiger partial charge in [0, 0.05) is 5.69 Å². The average molecular weight is 272 g/mol. The summed E-state index contributed by atoms with van der Waals surface area (Å²) >= 11 is 5.21. The van der Waals surface area contributed by atoms with Crippen molar-refractivity contribution in [2.75, 3.05) is 10.6 Å². The number of anilines is 2. The third-order valence-corrected chi connectivity index (χ3v) is 2.91. The van der Waals surface area contributed by atoms with Crippen LogP contribution in [0.4, 0.5) is 11.4 Å². The Hall–Kier alpha value is -2.07. The molecule has 4 heteroatoms. The third-order valence-electron chi connectivity index (χ3n) is 2.71. The van der Waals surface area contributed by atoms with Crippen molar-refractivity contribution in [3.63, 3.8) is 0 Å². The molecule has 3 nitrogen and oxygen atoms in total. The molecule has 0 bridgehead atoms. The van der Waals surface area contributed by atoms with Gasteiger partial charge in [0.1, 0.15) is 5.75 Å². The van der Waals surface area contributed by atoms with E-state index in [1.54, 1.807) is 12.1 Å². The molecular formula is C15H16N2OS. The minimum absolute atomic E-state index is 0.188. The summed E-state index contributed by atoms with van der Waals surface area (Å²) in [5.74, 6) is 0.188. The van der Waals surface area contributed by atoms with Gasteiger partial charge < -0.3 is 15.7 Å². The summed E-state index contributed by atoms with van der Waals surface area (Å²) in [4.78, 5) is 0. The van der Waals surface area contributed by atoms with Gasteiger partial charge in [0.2, 0.25) is 0 Å². The van der Waals surface area contributed by atoms with E-state index < -0.39 is 0 Å². The number of phenols is 1. The number of hydrogen-bond acceptors (Lipinski definition) is 2. The standard InChI is InChI=1S/C15H16N2OS/c1-10-3-6-12(7-4-10)16-15(19)17-13-8-5-11(2)9-14(13)18/h3-9,18H,1-2H3,(H2,16,17,19). The molecule has 0 aliphatic carbocycles. The number of aromatic hydroxyl groups is 1. The normalized spacial score (nSPS) is 10.0. The van der Waals surface area contributed by atoms with E-state index in [0.717, 1.165) is 11.3 Å². The zero-order valence-electron chi connectivity index (χ0n) is 10.9. The number of thiocarbonyl (C=S) groups is 1. The first-order valence-electron chi connectivity index (χ1n) is 5.99. The molecule has 0 atom stereocenters. The lowest BCUT2D eigenvalue weighted by molar-refractivity contribution is 0.477. The van der Waals surface area contributed by atoms with Crippen LogP contribution in [0, 0.1) is 13.8 Å². The first-order valence-corrected chi connectivity index (χ1v) is 6.40. The first-order chi connectivity index (χ1) is 9.04. The van der Waals surface area contributed by atoms with Gasteiger partial charge in [0.05, 0.1) is 5.69 Å². The van der Waals surface area contributed by atoms with Crippen molar-refractivity contribution in [2.24, 2.45) is 0 Å². The number of aryl methyl sites for hydroxylation is 2. The quantitative estimate of drug-likeness (QED) is 0.574. The molecule has 0 fully saturated rings. The molecule has 0 radical (unpaired) electrons. The van der Waals surface area contributed by atoms with Crippen LogP contribution < -0.4 is 10.6 Å². The summed E-state index contributed by atoms with van der Waals surface area (Å²) < 4.78 is 0. The fourth-order valence-electron chi connectivity index (χ4n) is 1.67. The molecule has 2 aromatic carbocycles. The molecule has 0 amide bonds. The van der Waals surface area contributed by atoms with Gasteiger partial charge in [-0.05, 0) is 55.9 Å². The minimum atomic E-state index is 0.188. The van der Waals surface area contributed by atoms with E-state index in [2.05, 4.69) is 10.6 Å². The second-order valence-corrected chi connectivity index (χ2v) is 4.87. The maximum Gasteiger partial charge on any atom is 0.175 e. The van der Waals surface area contributed by atoms with E-state index in [4.69, 9.17) is 12.2 Å². The molecule has 0 aromatic heterocycles. The van der Waals surface area contributed by atoms with Crippen LogP contribution in [0.3, 0.4) is 0 Å². The third kappa shape index (κ3) is 3.69. The molecule has 98 valence electrons. The fourth-order valence-corrected chi connectivity index (χ4v) is 1.90. The van der Waals surface area contributed by atoms with Crippen LogP contribution in [0.25, 0.3) is 0 Å². The summed E-state index contributed by atoms with van der Waals surface area (Å²) in [5, 5.41) is 16.3. The lowest BCUT2D eigenvalue weighted by Crippen LogP contribution is -2.19. The van der Waals surface area contributed by atoms with Gasteiger partial charge in [0.25, 0.3) is 0 Å². The van der Waals surface area contributed by atoms with Crippen molar-refractivity contribution < 1.29 is 5.11 Å². The molecule has 2 aromatic rings. The number of hydrogen-bond donors (Lipinski definition) is 3. The summed E-state index contributed by atoms with van der Waals surface area (Å²) in [7, 11) is 0. The predicted octanol–water partition coefficient (Wildman–Crippen LogP) is 3.82. The SMILES string of the molecule is Cc1ccc(NC(=S)Nc2ccc(C)cc2O)cc1. The van der Waals surface area contributed by atoms with Gasteiger partial charge >= 0.3 is 0 Å². The monoisotopic (exact) mass is 272 g/mol. The molecule has 0 saturated carbocycles. The smallest absolute Gasteiger partial charge is 0.175 e. The number of rotatable bonds is 2. The Morgan fingerprint density at radius 1 is 0.947 bits per heavy atom. The van der Waals surface area contributed by atoms with Crippen molar-refractivity contribution in [3.05, 3.63) is 53.6 Å². The Labute approximate surface area is 118 Å². The molecule has 0 aliphatic heterocycles. The Morgan fingerprint density at radius 3 is 2.21 bits per heavy atom. The highest BCUT2D eigenvalue weighted by atomic mass is 32.1. The highest BCUT2D eigenvalue weighted by Crippen LogP contribution is 2.24. The van der Waals surface area contributed by atoms with E-state index in [0.29, 0.717) is 10.8 Å². The topological polar surface area (TPSA) is 44.3 Å². The molecule has 2 rings (SSSR count). The minimum Gasteiger partial charge on any atom is -0.506 e. The molecule has 3 N–H and O–H groups in total. The van der Waals surface area contributed by atoms with Crippen LogP contribution in [0.5, 0.6) is 5.75 Å². The highest BCUT2D eigenvalue weighted by molar-refractivity contribution is 7.80. The van der Waals surface area contributed by atoms with Gasteiger partial charge in [-0.1, -0.05) is 23.8 Å². The van der Waals surface area contributed by atoms with E-state index in [1.165, 1.54) is 5.56 Å². The summed E-state index contributed by atoms with van der Waals surface area (Å²) in [6, 6.07) is 13.3. The molecule has 0 saturated heterocycles. The first kappa shape index (κ1) is 13.4. The summed E-state index contributed by atoms with van der Waals surface area (Å²) in [5.41, 5.74) is 3.70. The van der Waals surface area contributed by atoms with Gasteiger partial charge in [-0.25, -0.2) is 0 Å². The van der Waals surface area contributed by atoms with Crippen LogP contribution >= 0.6 is 12.2 Å². The molecular weight excluding hydrogens is 256 g/mol. The Morgan fingerprint density at radius 2 is 1.58 bits per heavy atom. The van der Waals surface area contributed by atoms with Gasteiger partial charge in [0.15, 0.2) is 5.11 Å². The van der Waals surface area contributed by atoms with Crippen molar-refractivity contribution in [1.29, 1.82) is 0 Å². The molecule has 0 heterocycles. The van der Waals surface area contributed by atoms with Crippen LogP contribution in [0.1, 0.15) is 11.1 Å². The van der Waals surface area contributed by atoms with E-state index in [9.17, 15) is 5.11 Å². The lowest BCUT2D eigenvalue weighted by Gasteiger charge is -2.12. The number of nitrogens with one attached hydrogen (secondary N) is 2. The highest BCUT2D eigenvalue weighted by Gasteiger charge is 2.03. The maximum absolute atomic E-state index is 9.79. The van der Waals surface area contributed by atoms with Crippen LogP contribution in [-0.2, 0) is 0 Å². The van der Waals surface area contributed by atoms with Crippen LogP contribution in [-0.4, -0.2) is 10.2 Å². The van der Waals surface area contributed by atoms with Crippen LogP contribution in [0.15, 0.2) is 42.5 Å². The molecule has 0 aliphatic rings. The molecule has 0 spiro atoms. The van der Waals surface area contributed by atoms with Crippen molar-refractivity contribution >= 4 is 28.7 Å². The molecule has 0 unspecified atom stereocenters. The Kier molecular flexibility index (Phi) is 4.02. The second kappa shape index (κ2) is 5.71. The second-order valence-electron chi connectivity index (χ2n) is 4.47. The van der Waals surface area contributed by atoms with Gasteiger partial charge in [-0.15, -0.1) is 0 Å². The van der Waals surface area contributed by atoms with Gasteiger partial charge in [-0.3, -0.25) is 0 Å². The zero-order chi connectivity index (χ0) is 13.8. The Bertz CT molecular complexity index is 594. The number of benzene rings is 2.